The van der Waals surface area contributed by atoms with Crippen molar-refractivity contribution in [2.75, 3.05) is 38.5 Å². The van der Waals surface area contributed by atoms with Gasteiger partial charge in [-0.25, -0.2) is 8.42 Å². The van der Waals surface area contributed by atoms with Gasteiger partial charge in [0.15, 0.2) is 15.8 Å². The van der Waals surface area contributed by atoms with E-state index in [0.29, 0.717) is 31.3 Å². The molecule has 0 amide bonds. The van der Waals surface area contributed by atoms with Crippen molar-refractivity contribution in [3.63, 3.8) is 0 Å². The summed E-state index contributed by atoms with van der Waals surface area (Å²) in [7, 11) is -3.11. The Hall–Kier alpha value is -1.07. The lowest BCUT2D eigenvalue weighted by Gasteiger charge is -2.39. The predicted octanol–water partition coefficient (Wildman–Crippen LogP) is 1.83. The molecule has 160 valence electrons. The molecule has 7 nitrogen and oxygen atoms in total. The average Bonchev–Trinajstić information content (AvgIpc) is 2.59. The molecule has 0 bridgehead atoms. The van der Waals surface area contributed by atoms with E-state index in [1.807, 2.05) is 43.0 Å². The van der Waals surface area contributed by atoms with Crippen LogP contribution in [0.25, 0.3) is 0 Å². The highest BCUT2D eigenvalue weighted by Crippen LogP contribution is 2.23. The normalized spacial score (nSPS) is 19.5. The maximum Gasteiger partial charge on any atom is 0.194 e. The molecular formula is C19H32IN3O4S. The molecule has 1 atom stereocenters. The Morgan fingerprint density at radius 2 is 2.14 bits per heavy atom. The van der Waals surface area contributed by atoms with Crippen molar-refractivity contribution in [3.05, 3.63) is 29.8 Å². The molecule has 0 spiro atoms. The van der Waals surface area contributed by atoms with Crippen molar-refractivity contribution < 1.29 is 18.3 Å². The highest BCUT2D eigenvalue weighted by atomic mass is 127. The minimum absolute atomic E-state index is 0. The van der Waals surface area contributed by atoms with E-state index in [1.165, 1.54) is 0 Å². The molecule has 1 fully saturated rings. The van der Waals surface area contributed by atoms with Crippen molar-refractivity contribution in [3.8, 4) is 5.75 Å². The molecule has 1 saturated heterocycles. The topological polar surface area (TPSA) is 91.2 Å². The third kappa shape index (κ3) is 6.77. The molecule has 2 N–H and O–H groups in total. The van der Waals surface area contributed by atoms with Crippen molar-refractivity contribution in [2.24, 2.45) is 4.99 Å². The van der Waals surface area contributed by atoms with Gasteiger partial charge in [-0.05, 0) is 45.4 Å². The lowest BCUT2D eigenvalue weighted by atomic mass is 10.2. The maximum absolute atomic E-state index is 12.2. The van der Waals surface area contributed by atoms with E-state index in [0.717, 1.165) is 5.56 Å². The van der Waals surface area contributed by atoms with Crippen LogP contribution in [0.4, 0.5) is 0 Å². The number of hydrogen-bond donors (Lipinski definition) is 2. The number of ether oxygens (including phenoxy) is 1. The second-order valence-corrected chi connectivity index (χ2v) is 10.2. The number of nitrogens with zero attached hydrogens (tertiary/aromatic N) is 2. The van der Waals surface area contributed by atoms with Crippen LogP contribution >= 0.6 is 24.0 Å². The Bertz CT molecular complexity index is 768. The summed E-state index contributed by atoms with van der Waals surface area (Å²) < 4.78 is 29.2. The number of benzene rings is 1. The van der Waals surface area contributed by atoms with Gasteiger partial charge in [0.1, 0.15) is 18.5 Å². The fourth-order valence-corrected chi connectivity index (χ4v) is 4.26. The van der Waals surface area contributed by atoms with Gasteiger partial charge in [0.05, 0.1) is 17.0 Å². The van der Waals surface area contributed by atoms with Crippen LogP contribution in [0.15, 0.2) is 29.3 Å². The maximum atomic E-state index is 12.2. The molecule has 0 saturated carbocycles. The van der Waals surface area contributed by atoms with Gasteiger partial charge in [0.2, 0.25) is 0 Å². The summed E-state index contributed by atoms with van der Waals surface area (Å²) in [5.41, 5.74) is 1.09. The molecule has 1 unspecified atom stereocenters. The van der Waals surface area contributed by atoms with Crippen LogP contribution in [0.3, 0.4) is 0 Å². The molecular weight excluding hydrogens is 493 g/mol. The molecule has 1 aromatic rings. The summed E-state index contributed by atoms with van der Waals surface area (Å²) in [6.45, 7) is 9.17. The van der Waals surface area contributed by atoms with Crippen molar-refractivity contribution >= 4 is 39.8 Å². The zero-order chi connectivity index (χ0) is 20.1. The van der Waals surface area contributed by atoms with Gasteiger partial charge in [-0.2, -0.15) is 0 Å². The second kappa shape index (κ2) is 10.6. The first-order valence-electron chi connectivity index (χ1n) is 9.28. The van der Waals surface area contributed by atoms with Crippen LogP contribution < -0.4 is 10.1 Å². The molecule has 1 heterocycles. The van der Waals surface area contributed by atoms with Gasteiger partial charge < -0.3 is 20.1 Å². The second-order valence-electron chi connectivity index (χ2n) is 7.48. The Kier molecular flexibility index (Phi) is 9.48. The first kappa shape index (κ1) is 25.0. The average molecular weight is 525 g/mol. The fourth-order valence-electron chi connectivity index (χ4n) is 2.89. The molecule has 9 heteroatoms. The largest absolute Gasteiger partial charge is 0.491 e. The number of aryl methyl sites for hydroxylation is 1. The fraction of sp³-hybridized carbons (Fsp3) is 0.632. The van der Waals surface area contributed by atoms with E-state index in [2.05, 4.69) is 10.3 Å². The predicted molar refractivity (Wildman–Crippen MR) is 124 cm³/mol. The molecule has 28 heavy (non-hydrogen) atoms. The number of rotatable bonds is 6. The summed E-state index contributed by atoms with van der Waals surface area (Å²) in [6, 6.07) is 7.65. The van der Waals surface area contributed by atoms with Gasteiger partial charge in [-0.1, -0.05) is 12.1 Å². The van der Waals surface area contributed by atoms with Gasteiger partial charge in [-0.15, -0.1) is 24.0 Å². The number of aliphatic imine (C=N–C) groups is 1. The number of guanidine groups is 1. The SMILES string of the molecule is CCNC(=NCC(O)COc1cccc(C)c1)N1CCS(=O)(=O)C(C)(C)C1.I. The minimum atomic E-state index is -3.11. The molecule has 0 aromatic heterocycles. The molecule has 0 aliphatic carbocycles. The smallest absolute Gasteiger partial charge is 0.194 e. The highest BCUT2D eigenvalue weighted by molar-refractivity contribution is 14.0. The Morgan fingerprint density at radius 3 is 2.75 bits per heavy atom. The molecule has 2 rings (SSSR count). The Labute approximate surface area is 185 Å². The van der Waals surface area contributed by atoms with Crippen molar-refractivity contribution in [1.29, 1.82) is 0 Å². The molecule has 1 aromatic carbocycles. The van der Waals surface area contributed by atoms with Gasteiger partial charge in [-0.3, -0.25) is 4.99 Å². The summed E-state index contributed by atoms with van der Waals surface area (Å²) in [5, 5.41) is 13.4. The third-order valence-corrected chi connectivity index (χ3v) is 7.09. The van der Waals surface area contributed by atoms with Crippen LogP contribution in [-0.2, 0) is 9.84 Å². The summed E-state index contributed by atoms with van der Waals surface area (Å²) in [6.07, 6.45) is -0.749. The van der Waals surface area contributed by atoms with Crippen LogP contribution in [0, 0.1) is 6.92 Å². The van der Waals surface area contributed by atoms with E-state index >= 15 is 0 Å². The van der Waals surface area contributed by atoms with E-state index in [4.69, 9.17) is 4.74 Å². The van der Waals surface area contributed by atoms with Gasteiger partial charge in [0, 0.05) is 19.6 Å². The van der Waals surface area contributed by atoms with Gasteiger partial charge in [0.25, 0.3) is 0 Å². The van der Waals surface area contributed by atoms with Gasteiger partial charge >= 0.3 is 0 Å². The summed E-state index contributed by atoms with van der Waals surface area (Å²) in [4.78, 5) is 6.43. The van der Waals surface area contributed by atoms with Crippen molar-refractivity contribution in [1.82, 2.24) is 10.2 Å². The Balaban J connectivity index is 0.00000392. The number of nitrogens with one attached hydrogen (secondary N) is 1. The number of aliphatic hydroxyl groups excluding tert-OH is 1. The number of hydrogen-bond acceptors (Lipinski definition) is 5. The van der Waals surface area contributed by atoms with Crippen molar-refractivity contribution in [2.45, 2.75) is 38.5 Å². The summed E-state index contributed by atoms with van der Waals surface area (Å²) in [5.74, 6) is 1.44. The first-order chi connectivity index (χ1) is 12.6. The quantitative estimate of drug-likeness (QED) is 0.335. The van der Waals surface area contributed by atoms with E-state index < -0.39 is 20.7 Å². The van der Waals surface area contributed by atoms with Crippen LogP contribution in [0.5, 0.6) is 5.75 Å². The monoisotopic (exact) mass is 525 g/mol. The Morgan fingerprint density at radius 1 is 1.43 bits per heavy atom. The van der Waals surface area contributed by atoms with Crippen LogP contribution in [0.2, 0.25) is 0 Å². The van der Waals surface area contributed by atoms with E-state index in [-0.39, 0.29) is 42.9 Å². The molecule has 1 aliphatic rings. The van der Waals surface area contributed by atoms with Crippen LogP contribution in [-0.4, -0.2) is 73.8 Å². The number of halogens is 1. The highest BCUT2D eigenvalue weighted by Gasteiger charge is 2.40. The summed E-state index contributed by atoms with van der Waals surface area (Å²) >= 11 is 0. The zero-order valence-corrected chi connectivity index (χ0v) is 20.2. The lowest BCUT2D eigenvalue weighted by Crippen LogP contribution is -2.57. The van der Waals surface area contributed by atoms with E-state index in [1.54, 1.807) is 13.8 Å². The lowest BCUT2D eigenvalue weighted by molar-refractivity contribution is 0.114. The first-order valence-corrected chi connectivity index (χ1v) is 10.9. The number of sulfone groups is 1. The van der Waals surface area contributed by atoms with E-state index in [9.17, 15) is 13.5 Å². The molecule has 1 aliphatic heterocycles. The minimum Gasteiger partial charge on any atom is -0.491 e. The molecule has 0 radical (unpaired) electrons. The zero-order valence-electron chi connectivity index (χ0n) is 17.0. The third-order valence-electron chi connectivity index (χ3n) is 4.56. The standard InChI is InChI=1S/C19H31N3O4S.HI/c1-5-20-18(22-9-10-27(24,25)19(3,4)14-22)21-12-16(23)13-26-17-8-6-7-15(2)11-17;/h6-8,11,16,23H,5,9-10,12-14H2,1-4H3,(H,20,21);1H. The number of aliphatic hydroxyl groups is 1. The van der Waals surface area contributed by atoms with Crippen LogP contribution in [0.1, 0.15) is 26.3 Å².